The molecular formula is C20H17BrN2O2S. The molecule has 6 heteroatoms. The molecule has 0 radical (unpaired) electrons. The lowest BCUT2D eigenvalue weighted by Crippen LogP contribution is -2.18. The van der Waals surface area contributed by atoms with Gasteiger partial charge < -0.3 is 10.6 Å². The highest BCUT2D eigenvalue weighted by atomic mass is 79.9. The molecule has 0 bridgehead atoms. The smallest absolute Gasteiger partial charge is 0.234 e. The number of amides is 2. The summed E-state index contributed by atoms with van der Waals surface area (Å²) in [6.45, 7) is 0. The van der Waals surface area contributed by atoms with E-state index >= 15 is 0 Å². The third kappa shape index (κ3) is 5.09. The molecule has 0 aliphatic carbocycles. The van der Waals surface area contributed by atoms with Crippen LogP contribution in [0.5, 0.6) is 0 Å². The van der Waals surface area contributed by atoms with Crippen LogP contribution in [-0.2, 0) is 9.59 Å². The average molecular weight is 429 g/mol. The van der Waals surface area contributed by atoms with Crippen molar-refractivity contribution in [3.8, 4) is 0 Å². The van der Waals surface area contributed by atoms with Gasteiger partial charge in [0.1, 0.15) is 0 Å². The van der Waals surface area contributed by atoms with E-state index in [0.29, 0.717) is 0 Å². The van der Waals surface area contributed by atoms with Gasteiger partial charge in [0.05, 0.1) is 11.5 Å². The normalized spacial score (nSPS) is 10.5. The maximum atomic E-state index is 12.2. The van der Waals surface area contributed by atoms with Gasteiger partial charge in [-0.15, -0.1) is 11.8 Å². The van der Waals surface area contributed by atoms with Gasteiger partial charge in [0, 0.05) is 21.2 Å². The first-order chi connectivity index (χ1) is 12.6. The van der Waals surface area contributed by atoms with Gasteiger partial charge in [0.15, 0.2) is 0 Å². The number of nitrogens with one attached hydrogen (secondary N) is 2. The molecule has 0 atom stereocenters. The van der Waals surface area contributed by atoms with E-state index in [1.807, 2.05) is 66.7 Å². The summed E-state index contributed by atoms with van der Waals surface area (Å²) in [6, 6.07) is 21.1. The summed E-state index contributed by atoms with van der Waals surface area (Å²) in [6.07, 6.45) is 0. The van der Waals surface area contributed by atoms with E-state index in [1.165, 1.54) is 11.8 Å². The number of carbonyl (C=O) groups is 2. The second-order valence-corrected chi connectivity index (χ2v) is 7.52. The van der Waals surface area contributed by atoms with Crippen LogP contribution in [0, 0.1) is 0 Å². The zero-order valence-electron chi connectivity index (χ0n) is 13.9. The largest absolute Gasteiger partial charge is 0.325 e. The van der Waals surface area contributed by atoms with Crippen LogP contribution in [0.15, 0.2) is 71.2 Å². The minimum atomic E-state index is -0.129. The van der Waals surface area contributed by atoms with Crippen LogP contribution in [0.2, 0.25) is 0 Å². The number of rotatable bonds is 6. The van der Waals surface area contributed by atoms with E-state index in [2.05, 4.69) is 26.6 Å². The Kier molecular flexibility index (Phi) is 6.30. The Morgan fingerprint density at radius 2 is 1.46 bits per heavy atom. The second-order valence-electron chi connectivity index (χ2n) is 5.62. The molecule has 3 aromatic rings. The standard InChI is InChI=1S/C20H17BrN2O2S/c21-15-8-10-16(11-9-15)22-19(24)12-26-13-20(25)23-18-7-3-5-14-4-1-2-6-17(14)18/h1-11H,12-13H2,(H,22,24)(H,23,25). The lowest BCUT2D eigenvalue weighted by atomic mass is 10.1. The summed E-state index contributed by atoms with van der Waals surface area (Å²) in [4.78, 5) is 24.1. The van der Waals surface area contributed by atoms with E-state index in [-0.39, 0.29) is 23.3 Å². The molecule has 4 nitrogen and oxygen atoms in total. The first-order valence-corrected chi connectivity index (χ1v) is 9.97. The van der Waals surface area contributed by atoms with Crippen LogP contribution >= 0.6 is 27.7 Å². The maximum absolute atomic E-state index is 12.2. The fourth-order valence-electron chi connectivity index (χ4n) is 2.49. The molecule has 0 aliphatic rings. The van der Waals surface area contributed by atoms with E-state index in [9.17, 15) is 9.59 Å². The van der Waals surface area contributed by atoms with Crippen LogP contribution in [0.4, 0.5) is 11.4 Å². The molecule has 3 rings (SSSR count). The quantitative estimate of drug-likeness (QED) is 0.585. The molecule has 0 aliphatic heterocycles. The summed E-state index contributed by atoms with van der Waals surface area (Å²) in [7, 11) is 0. The Labute approximate surface area is 164 Å². The highest BCUT2D eigenvalue weighted by molar-refractivity contribution is 9.10. The number of fused-ring (bicyclic) bond motifs is 1. The topological polar surface area (TPSA) is 58.2 Å². The van der Waals surface area contributed by atoms with Gasteiger partial charge in [-0.25, -0.2) is 0 Å². The highest BCUT2D eigenvalue weighted by Crippen LogP contribution is 2.23. The van der Waals surface area contributed by atoms with E-state index < -0.39 is 0 Å². The molecule has 0 unspecified atom stereocenters. The van der Waals surface area contributed by atoms with Gasteiger partial charge in [-0.2, -0.15) is 0 Å². The first-order valence-electron chi connectivity index (χ1n) is 8.02. The van der Waals surface area contributed by atoms with Crippen LogP contribution in [0.1, 0.15) is 0 Å². The molecule has 0 saturated heterocycles. The fourth-order valence-corrected chi connectivity index (χ4v) is 3.37. The molecule has 0 fully saturated rings. The Bertz CT molecular complexity index is 923. The van der Waals surface area contributed by atoms with Crippen molar-refractivity contribution in [2.75, 3.05) is 22.1 Å². The van der Waals surface area contributed by atoms with Crippen molar-refractivity contribution in [1.82, 2.24) is 0 Å². The molecule has 0 spiro atoms. The molecule has 3 aromatic carbocycles. The zero-order chi connectivity index (χ0) is 18.4. The SMILES string of the molecule is O=C(CSCC(=O)Nc1cccc2ccccc12)Nc1ccc(Br)cc1. The summed E-state index contributed by atoms with van der Waals surface area (Å²) >= 11 is 4.63. The van der Waals surface area contributed by atoms with Gasteiger partial charge in [-0.3, -0.25) is 9.59 Å². The molecule has 0 heterocycles. The van der Waals surface area contributed by atoms with Gasteiger partial charge in [0.2, 0.25) is 11.8 Å². The minimum absolute atomic E-state index is 0.122. The number of benzene rings is 3. The van der Waals surface area contributed by atoms with Crippen molar-refractivity contribution in [2.24, 2.45) is 0 Å². The third-order valence-electron chi connectivity index (χ3n) is 3.66. The molecular weight excluding hydrogens is 412 g/mol. The Balaban J connectivity index is 1.48. The van der Waals surface area contributed by atoms with Crippen molar-refractivity contribution in [3.05, 3.63) is 71.2 Å². The zero-order valence-corrected chi connectivity index (χ0v) is 16.3. The number of hydrogen-bond acceptors (Lipinski definition) is 3. The van der Waals surface area contributed by atoms with Gasteiger partial charge >= 0.3 is 0 Å². The van der Waals surface area contributed by atoms with Crippen LogP contribution < -0.4 is 10.6 Å². The molecule has 0 aromatic heterocycles. The van der Waals surface area contributed by atoms with Crippen molar-refractivity contribution < 1.29 is 9.59 Å². The lowest BCUT2D eigenvalue weighted by molar-refractivity contribution is -0.114. The number of carbonyl (C=O) groups excluding carboxylic acids is 2. The number of thioether (sulfide) groups is 1. The summed E-state index contributed by atoms with van der Waals surface area (Å²) in [5.41, 5.74) is 1.52. The Hall–Kier alpha value is -2.31. The molecule has 2 N–H and O–H groups in total. The third-order valence-corrected chi connectivity index (χ3v) is 5.12. The van der Waals surface area contributed by atoms with Gasteiger partial charge in [0.25, 0.3) is 0 Å². The van der Waals surface area contributed by atoms with Crippen LogP contribution in [0.25, 0.3) is 10.8 Å². The van der Waals surface area contributed by atoms with E-state index in [4.69, 9.17) is 0 Å². The number of halogens is 1. The van der Waals surface area contributed by atoms with Crippen molar-refractivity contribution >= 4 is 61.7 Å². The maximum Gasteiger partial charge on any atom is 0.234 e. The predicted molar refractivity (Wildman–Crippen MR) is 113 cm³/mol. The van der Waals surface area contributed by atoms with Gasteiger partial charge in [-0.05, 0) is 35.7 Å². The second kappa shape index (κ2) is 8.87. The van der Waals surface area contributed by atoms with Crippen molar-refractivity contribution in [1.29, 1.82) is 0 Å². The molecule has 2 amide bonds. The van der Waals surface area contributed by atoms with E-state index in [1.54, 1.807) is 0 Å². The molecule has 26 heavy (non-hydrogen) atoms. The minimum Gasteiger partial charge on any atom is -0.325 e. The number of hydrogen-bond donors (Lipinski definition) is 2. The van der Waals surface area contributed by atoms with Gasteiger partial charge in [-0.1, -0.05) is 52.3 Å². The molecule has 0 saturated carbocycles. The first kappa shape index (κ1) is 18.5. The summed E-state index contributed by atoms with van der Waals surface area (Å²) in [5.74, 6) is 0.189. The summed E-state index contributed by atoms with van der Waals surface area (Å²) < 4.78 is 0.954. The highest BCUT2D eigenvalue weighted by Gasteiger charge is 2.08. The summed E-state index contributed by atoms with van der Waals surface area (Å²) in [5, 5.41) is 7.80. The fraction of sp³-hybridized carbons (Fsp3) is 0.100. The lowest BCUT2D eigenvalue weighted by Gasteiger charge is -2.09. The Morgan fingerprint density at radius 3 is 2.23 bits per heavy atom. The van der Waals surface area contributed by atoms with E-state index in [0.717, 1.165) is 26.6 Å². The number of anilines is 2. The van der Waals surface area contributed by atoms with Crippen molar-refractivity contribution in [3.63, 3.8) is 0 Å². The average Bonchev–Trinajstić information content (AvgIpc) is 2.64. The monoisotopic (exact) mass is 428 g/mol. The van der Waals surface area contributed by atoms with Crippen molar-refractivity contribution in [2.45, 2.75) is 0 Å². The molecule has 132 valence electrons. The Morgan fingerprint density at radius 1 is 0.808 bits per heavy atom. The van der Waals surface area contributed by atoms with Crippen LogP contribution in [0.3, 0.4) is 0 Å². The predicted octanol–water partition coefficient (Wildman–Crippen LogP) is 4.91. The van der Waals surface area contributed by atoms with Crippen LogP contribution in [-0.4, -0.2) is 23.3 Å².